The molecule has 1 saturated heterocycles. The van der Waals surface area contributed by atoms with Crippen molar-refractivity contribution >= 4 is 29.0 Å². The minimum atomic E-state index is 0.252. The molecule has 3 heterocycles. The molecule has 2 aliphatic rings. The Bertz CT molecular complexity index is 743. The minimum Gasteiger partial charge on any atom is -0.342 e. The van der Waals surface area contributed by atoms with Crippen LogP contribution in [0.25, 0.3) is 10.7 Å². The fourth-order valence-electron chi connectivity index (χ4n) is 4.31. The highest BCUT2D eigenvalue weighted by molar-refractivity contribution is 7.99. The van der Waals surface area contributed by atoms with Crippen LogP contribution in [0.4, 0.5) is 0 Å². The first-order chi connectivity index (χ1) is 12.8. The van der Waals surface area contributed by atoms with Gasteiger partial charge in [-0.3, -0.25) is 4.79 Å². The fraction of sp³-hybridized carbons (Fsp3) is 0.632. The number of carbonyl (C=O) groups is 1. The van der Waals surface area contributed by atoms with Gasteiger partial charge in [0.15, 0.2) is 11.0 Å². The summed E-state index contributed by atoms with van der Waals surface area (Å²) in [6, 6.07) is 4.09. The van der Waals surface area contributed by atoms with Gasteiger partial charge >= 0.3 is 0 Å². The Labute approximate surface area is 163 Å². The molecule has 2 aromatic rings. The molecule has 7 heteroatoms. The van der Waals surface area contributed by atoms with Gasteiger partial charge in [-0.2, -0.15) is 0 Å². The lowest BCUT2D eigenvalue weighted by Crippen LogP contribution is -2.45. The Morgan fingerprint density at radius 2 is 2.12 bits per heavy atom. The molecule has 5 nitrogen and oxygen atoms in total. The molecule has 4 rings (SSSR count). The van der Waals surface area contributed by atoms with Crippen LogP contribution in [0, 0.1) is 11.8 Å². The molecule has 0 N–H and O–H groups in total. The highest BCUT2D eigenvalue weighted by atomic mass is 32.2. The molecule has 2 atom stereocenters. The number of likely N-dealkylation sites (tertiary alicyclic amines) is 1. The molecule has 2 aromatic heterocycles. The van der Waals surface area contributed by atoms with Crippen molar-refractivity contribution in [3.63, 3.8) is 0 Å². The quantitative estimate of drug-likeness (QED) is 0.720. The first kappa shape index (κ1) is 18.0. The predicted octanol–water partition coefficient (Wildman–Crippen LogP) is 4.16. The number of aromatic nitrogens is 3. The highest BCUT2D eigenvalue weighted by Gasteiger charge is 2.32. The number of amides is 1. The zero-order valence-corrected chi connectivity index (χ0v) is 16.9. The maximum absolute atomic E-state index is 12.7. The summed E-state index contributed by atoms with van der Waals surface area (Å²) in [6.45, 7) is 4.80. The highest BCUT2D eigenvalue weighted by Crippen LogP contribution is 2.36. The van der Waals surface area contributed by atoms with Gasteiger partial charge in [0.05, 0.1) is 10.6 Å². The Kier molecular flexibility index (Phi) is 5.64. The number of hydrogen-bond acceptors (Lipinski definition) is 5. The van der Waals surface area contributed by atoms with Crippen LogP contribution in [0.1, 0.15) is 39.0 Å². The van der Waals surface area contributed by atoms with Gasteiger partial charge in [0.2, 0.25) is 5.91 Å². The van der Waals surface area contributed by atoms with Crippen LogP contribution in [0.5, 0.6) is 0 Å². The van der Waals surface area contributed by atoms with Crippen molar-refractivity contribution in [1.29, 1.82) is 0 Å². The summed E-state index contributed by atoms with van der Waals surface area (Å²) in [5.41, 5.74) is 0. The van der Waals surface area contributed by atoms with Gasteiger partial charge in [-0.15, -0.1) is 21.5 Å². The Morgan fingerprint density at radius 3 is 2.88 bits per heavy atom. The topological polar surface area (TPSA) is 51.0 Å². The number of fused-ring (bicyclic) bond motifs is 1. The molecule has 0 bridgehead atoms. The summed E-state index contributed by atoms with van der Waals surface area (Å²) >= 11 is 3.19. The summed E-state index contributed by atoms with van der Waals surface area (Å²) in [5.74, 6) is 3.20. The first-order valence-corrected chi connectivity index (χ1v) is 11.5. The Morgan fingerprint density at radius 1 is 1.27 bits per heavy atom. The second-order valence-corrected chi connectivity index (χ2v) is 9.14. The SMILES string of the molecule is CCn1c(SCC(=O)N2CC[C@H]3CCCC[C@H]3C2)nnc1-c1cccs1. The van der Waals surface area contributed by atoms with E-state index in [0.717, 1.165) is 47.3 Å². The van der Waals surface area contributed by atoms with Gasteiger partial charge in [-0.05, 0) is 43.0 Å². The minimum absolute atomic E-state index is 0.252. The number of thiophene rings is 1. The summed E-state index contributed by atoms with van der Waals surface area (Å²) in [5, 5.41) is 11.6. The number of piperidine rings is 1. The van der Waals surface area contributed by atoms with E-state index >= 15 is 0 Å². The van der Waals surface area contributed by atoms with Crippen LogP contribution >= 0.6 is 23.1 Å². The molecule has 1 amide bonds. The maximum Gasteiger partial charge on any atom is 0.233 e. The largest absolute Gasteiger partial charge is 0.342 e. The molecule has 0 radical (unpaired) electrons. The molecule has 1 aliphatic heterocycles. The molecular formula is C19H26N4OS2. The van der Waals surface area contributed by atoms with Crippen LogP contribution in [0.3, 0.4) is 0 Å². The van der Waals surface area contributed by atoms with Crippen LogP contribution < -0.4 is 0 Å². The molecule has 0 unspecified atom stereocenters. The molecule has 0 aromatic carbocycles. The van der Waals surface area contributed by atoms with Crippen molar-refractivity contribution in [2.75, 3.05) is 18.8 Å². The van der Waals surface area contributed by atoms with Crippen LogP contribution in [0.2, 0.25) is 0 Å². The summed E-state index contributed by atoms with van der Waals surface area (Å²) in [6.07, 6.45) is 6.57. The summed E-state index contributed by atoms with van der Waals surface area (Å²) < 4.78 is 2.11. The van der Waals surface area contributed by atoms with Gasteiger partial charge < -0.3 is 9.47 Å². The molecule has 0 spiro atoms. The van der Waals surface area contributed by atoms with E-state index in [9.17, 15) is 4.79 Å². The lowest BCUT2D eigenvalue weighted by molar-refractivity contribution is -0.131. The van der Waals surface area contributed by atoms with E-state index in [1.54, 1.807) is 11.3 Å². The average molecular weight is 391 g/mol. The van der Waals surface area contributed by atoms with Crippen molar-refractivity contribution in [3.8, 4) is 10.7 Å². The van der Waals surface area contributed by atoms with E-state index in [4.69, 9.17) is 0 Å². The van der Waals surface area contributed by atoms with E-state index in [2.05, 4.69) is 38.0 Å². The van der Waals surface area contributed by atoms with Gasteiger partial charge in [0.25, 0.3) is 0 Å². The van der Waals surface area contributed by atoms with Crippen molar-refractivity contribution in [3.05, 3.63) is 17.5 Å². The normalized spacial score (nSPS) is 23.0. The van der Waals surface area contributed by atoms with Gasteiger partial charge in [0, 0.05) is 19.6 Å². The summed E-state index contributed by atoms with van der Waals surface area (Å²) in [4.78, 5) is 15.9. The number of rotatable bonds is 5. The van der Waals surface area contributed by atoms with E-state index in [1.165, 1.54) is 43.9 Å². The Hall–Kier alpha value is -1.34. The Balaban J connectivity index is 1.37. The van der Waals surface area contributed by atoms with E-state index in [0.29, 0.717) is 5.75 Å². The van der Waals surface area contributed by atoms with E-state index in [1.807, 2.05) is 6.07 Å². The van der Waals surface area contributed by atoms with E-state index < -0.39 is 0 Å². The summed E-state index contributed by atoms with van der Waals surface area (Å²) in [7, 11) is 0. The number of nitrogens with zero attached hydrogens (tertiary/aromatic N) is 4. The first-order valence-electron chi connectivity index (χ1n) is 9.64. The third-order valence-corrected chi connectivity index (χ3v) is 7.56. The van der Waals surface area contributed by atoms with E-state index in [-0.39, 0.29) is 5.91 Å². The predicted molar refractivity (Wildman–Crippen MR) is 106 cm³/mol. The zero-order chi connectivity index (χ0) is 17.9. The van der Waals surface area contributed by atoms with Gasteiger partial charge in [-0.1, -0.05) is 37.1 Å². The van der Waals surface area contributed by atoms with Crippen LogP contribution in [-0.4, -0.2) is 44.4 Å². The van der Waals surface area contributed by atoms with Crippen LogP contribution in [0.15, 0.2) is 22.7 Å². The number of hydrogen-bond donors (Lipinski definition) is 0. The molecule has 2 fully saturated rings. The third-order valence-electron chi connectivity index (χ3n) is 5.74. The van der Waals surface area contributed by atoms with Crippen LogP contribution in [-0.2, 0) is 11.3 Å². The molecule has 140 valence electrons. The van der Waals surface area contributed by atoms with Gasteiger partial charge in [-0.25, -0.2) is 0 Å². The lowest BCUT2D eigenvalue weighted by atomic mass is 9.75. The molecule has 26 heavy (non-hydrogen) atoms. The second-order valence-electron chi connectivity index (χ2n) is 7.25. The maximum atomic E-state index is 12.7. The smallest absolute Gasteiger partial charge is 0.233 e. The van der Waals surface area contributed by atoms with Crippen molar-refractivity contribution in [1.82, 2.24) is 19.7 Å². The number of thioether (sulfide) groups is 1. The van der Waals surface area contributed by atoms with Crippen molar-refractivity contribution in [2.45, 2.75) is 50.7 Å². The molecule has 1 aliphatic carbocycles. The zero-order valence-electron chi connectivity index (χ0n) is 15.3. The fourth-order valence-corrected chi connectivity index (χ4v) is 5.94. The standard InChI is InChI=1S/C19H26N4OS2/c1-2-23-18(16-8-5-11-25-16)20-21-19(23)26-13-17(24)22-10-9-14-6-3-4-7-15(14)12-22/h5,8,11,14-15H,2-4,6-7,9-10,12-13H2,1H3/t14-,15+/m1/s1. The second kappa shape index (κ2) is 8.13. The average Bonchev–Trinajstić information content (AvgIpc) is 3.34. The van der Waals surface area contributed by atoms with Crippen molar-refractivity contribution < 1.29 is 4.79 Å². The number of carbonyl (C=O) groups excluding carboxylic acids is 1. The third kappa shape index (κ3) is 3.69. The van der Waals surface area contributed by atoms with Gasteiger partial charge in [0.1, 0.15) is 0 Å². The lowest BCUT2D eigenvalue weighted by Gasteiger charge is -2.41. The molecular weight excluding hydrogens is 364 g/mol. The molecule has 1 saturated carbocycles. The van der Waals surface area contributed by atoms with Crippen molar-refractivity contribution in [2.24, 2.45) is 11.8 Å². The monoisotopic (exact) mass is 390 g/mol.